The lowest BCUT2D eigenvalue weighted by Gasteiger charge is -2.62. The number of likely N-dealkylation sites (tertiary alicyclic amines) is 2. The minimum atomic E-state index is 0.354. The minimum absolute atomic E-state index is 0.354. The summed E-state index contributed by atoms with van der Waals surface area (Å²) in [5.74, 6) is 4.72. The predicted octanol–water partition coefficient (Wildman–Crippen LogP) is 8.18. The Morgan fingerprint density at radius 1 is 0.762 bits per heavy atom. The normalized spacial score (nSPS) is 45.9. The van der Waals surface area contributed by atoms with E-state index in [1.54, 1.807) is 0 Å². The minimum Gasteiger partial charge on any atom is -0.376 e. The van der Waals surface area contributed by atoms with E-state index in [-0.39, 0.29) is 0 Å². The van der Waals surface area contributed by atoms with E-state index in [9.17, 15) is 0 Å². The fraction of sp³-hybridized carbons (Fsp3) is 1.00. The van der Waals surface area contributed by atoms with Gasteiger partial charge < -0.3 is 14.0 Å². The molecule has 0 aromatic heterocycles. The first kappa shape index (κ1) is 31.8. The van der Waals surface area contributed by atoms with E-state index in [4.69, 9.17) is 9.47 Å². The molecular weight excluding hydrogens is 516 g/mol. The van der Waals surface area contributed by atoms with E-state index in [1.807, 2.05) is 0 Å². The second-order valence-electron chi connectivity index (χ2n) is 18.0. The van der Waals surface area contributed by atoms with Gasteiger partial charge in [0.05, 0.1) is 26.2 Å². The first-order chi connectivity index (χ1) is 20.0. The number of quaternary nitrogens is 1. The number of ether oxygens (including phenoxy) is 2. The van der Waals surface area contributed by atoms with E-state index in [2.05, 4.69) is 53.5 Å². The lowest BCUT2D eigenvalue weighted by Crippen LogP contribution is -2.61. The first-order valence-electron chi connectivity index (χ1n) is 18.9. The van der Waals surface area contributed by atoms with Crippen molar-refractivity contribution in [3.8, 4) is 0 Å². The van der Waals surface area contributed by atoms with Crippen molar-refractivity contribution in [2.24, 2.45) is 46.3 Å². The summed E-state index contributed by atoms with van der Waals surface area (Å²) in [6, 6.07) is 1.33. The molecule has 6 rings (SSSR count). The maximum atomic E-state index is 7.10. The quantitative estimate of drug-likeness (QED) is 0.268. The van der Waals surface area contributed by atoms with Gasteiger partial charge in [-0.3, -0.25) is 4.90 Å². The Labute approximate surface area is 260 Å². The largest absolute Gasteiger partial charge is 0.376 e. The molecule has 2 saturated heterocycles. The Morgan fingerprint density at radius 3 is 2.12 bits per heavy atom. The second kappa shape index (κ2) is 12.6. The van der Waals surface area contributed by atoms with E-state index >= 15 is 0 Å². The maximum absolute atomic E-state index is 7.10. The summed E-state index contributed by atoms with van der Waals surface area (Å²) in [6.45, 7) is 22.0. The first-order valence-corrected chi connectivity index (χ1v) is 18.9. The maximum Gasteiger partial charge on any atom is 0.116 e. The number of hydrogen-bond acceptors (Lipinski definition) is 3. The summed E-state index contributed by atoms with van der Waals surface area (Å²) in [4.78, 5) is 2.90. The molecule has 0 aromatic rings. The van der Waals surface area contributed by atoms with Crippen LogP contribution < -0.4 is 0 Å². The number of piperidine rings is 2. The summed E-state index contributed by atoms with van der Waals surface area (Å²) in [5.41, 5.74) is 0.826. The average molecular weight is 586 g/mol. The van der Waals surface area contributed by atoms with Crippen molar-refractivity contribution in [2.45, 2.75) is 149 Å². The third-order valence-corrected chi connectivity index (χ3v) is 14.3. The van der Waals surface area contributed by atoms with Crippen LogP contribution in [0.4, 0.5) is 0 Å². The molecular formula is C38H69N2O2+. The van der Waals surface area contributed by atoms with Crippen LogP contribution in [0.2, 0.25) is 0 Å². The Kier molecular flexibility index (Phi) is 9.51. The monoisotopic (exact) mass is 586 g/mol. The van der Waals surface area contributed by atoms with Crippen LogP contribution in [-0.4, -0.2) is 80.1 Å². The van der Waals surface area contributed by atoms with Gasteiger partial charge in [0.25, 0.3) is 0 Å². The molecule has 242 valence electrons. The molecule has 4 heteroatoms. The summed E-state index contributed by atoms with van der Waals surface area (Å²) in [6.07, 6.45) is 19.2. The molecule has 0 N–H and O–H groups in total. The van der Waals surface area contributed by atoms with Crippen LogP contribution in [0.25, 0.3) is 0 Å². The number of nitrogens with zero attached hydrogens (tertiary/aromatic N) is 2. The highest BCUT2D eigenvalue weighted by atomic mass is 16.5. The molecule has 5 unspecified atom stereocenters. The van der Waals surface area contributed by atoms with Crippen LogP contribution >= 0.6 is 0 Å². The van der Waals surface area contributed by atoms with Crippen molar-refractivity contribution in [3.63, 3.8) is 0 Å². The topological polar surface area (TPSA) is 21.7 Å². The molecule has 4 nitrogen and oxygen atoms in total. The van der Waals surface area contributed by atoms with Crippen molar-refractivity contribution in [1.29, 1.82) is 0 Å². The molecule has 0 spiro atoms. The molecule has 0 aromatic carbocycles. The Bertz CT molecular complexity index is 894. The highest BCUT2D eigenvalue weighted by Crippen LogP contribution is 2.67. The molecule has 0 bridgehead atoms. The van der Waals surface area contributed by atoms with E-state index in [1.165, 1.54) is 114 Å². The van der Waals surface area contributed by atoms with Crippen molar-refractivity contribution in [2.75, 3.05) is 46.4 Å². The van der Waals surface area contributed by atoms with Crippen LogP contribution in [0.15, 0.2) is 0 Å². The van der Waals surface area contributed by atoms with Crippen LogP contribution in [0.1, 0.15) is 125 Å². The van der Waals surface area contributed by atoms with Crippen molar-refractivity contribution < 1.29 is 14.0 Å². The predicted molar refractivity (Wildman–Crippen MR) is 174 cm³/mol. The van der Waals surface area contributed by atoms with Gasteiger partial charge in [-0.2, -0.15) is 0 Å². The van der Waals surface area contributed by atoms with Crippen LogP contribution in [0.3, 0.4) is 0 Å². The Morgan fingerprint density at radius 2 is 1.43 bits per heavy atom. The smallest absolute Gasteiger partial charge is 0.116 e. The van der Waals surface area contributed by atoms with E-state index in [0.717, 1.165) is 36.9 Å². The SMILES string of the molecule is CC(C)COC1CC2CC[C@@H]3[C@@H](CC[C@]4(C)C(OCC(C)C)C([N+]5(C)CCCCC5)C[C@@H]34)[C@@]2(C)CC1N1CCCCC1. The third-order valence-electron chi connectivity index (χ3n) is 14.3. The number of rotatable bonds is 8. The standard InChI is InChI=1S/C38H69N2O2/c1-27(2)25-41-35-22-29-14-15-30-31(38(29,6)24-33(35)39-18-10-8-11-19-39)16-17-37(5)32(30)23-34(36(37)42-26-28(3)4)40(7)20-12-9-13-21-40/h27-36H,8-26H2,1-7H3/q+1/t29?,30-,31-,32+,33?,34?,35?,36?,37+,38+/m1/s1. The summed E-state index contributed by atoms with van der Waals surface area (Å²) in [7, 11) is 2.62. The van der Waals surface area contributed by atoms with Crippen LogP contribution in [0.5, 0.6) is 0 Å². The van der Waals surface area contributed by atoms with E-state index in [0.29, 0.717) is 47.0 Å². The number of likely N-dealkylation sites (N-methyl/N-ethyl adjacent to an activating group) is 1. The van der Waals surface area contributed by atoms with Gasteiger partial charge in [-0.1, -0.05) is 48.0 Å². The molecule has 4 aliphatic carbocycles. The lowest BCUT2D eigenvalue weighted by molar-refractivity contribution is -0.940. The van der Waals surface area contributed by atoms with Crippen LogP contribution in [-0.2, 0) is 9.47 Å². The fourth-order valence-corrected chi connectivity index (χ4v) is 12.1. The van der Waals surface area contributed by atoms with Crippen molar-refractivity contribution >= 4 is 0 Å². The molecule has 4 saturated carbocycles. The highest BCUT2D eigenvalue weighted by molar-refractivity contribution is 5.13. The van der Waals surface area contributed by atoms with Crippen molar-refractivity contribution in [1.82, 2.24) is 4.90 Å². The van der Waals surface area contributed by atoms with Gasteiger partial charge in [-0.05, 0) is 125 Å². The van der Waals surface area contributed by atoms with Crippen LogP contribution in [0, 0.1) is 46.3 Å². The fourth-order valence-electron chi connectivity index (χ4n) is 12.1. The zero-order valence-corrected chi connectivity index (χ0v) is 28.9. The molecule has 0 amide bonds. The van der Waals surface area contributed by atoms with Gasteiger partial charge in [0.15, 0.2) is 0 Å². The highest BCUT2D eigenvalue weighted by Gasteiger charge is 2.66. The van der Waals surface area contributed by atoms with Gasteiger partial charge >= 0.3 is 0 Å². The summed E-state index contributed by atoms with van der Waals surface area (Å²) < 4.78 is 15.2. The second-order valence-corrected chi connectivity index (χ2v) is 18.0. The molecule has 10 atom stereocenters. The molecule has 42 heavy (non-hydrogen) atoms. The zero-order valence-electron chi connectivity index (χ0n) is 28.9. The molecule has 2 heterocycles. The Balaban J connectivity index is 1.26. The van der Waals surface area contributed by atoms with Gasteiger partial charge in [-0.25, -0.2) is 0 Å². The van der Waals surface area contributed by atoms with Gasteiger partial charge in [0.2, 0.25) is 0 Å². The number of fused-ring (bicyclic) bond motifs is 5. The number of hydrogen-bond donors (Lipinski definition) is 0. The van der Waals surface area contributed by atoms with Gasteiger partial charge in [-0.15, -0.1) is 0 Å². The lowest BCUT2D eigenvalue weighted by atomic mass is 9.44. The van der Waals surface area contributed by atoms with Crippen molar-refractivity contribution in [3.05, 3.63) is 0 Å². The zero-order chi connectivity index (χ0) is 29.7. The Hall–Kier alpha value is -0.160. The molecule has 2 aliphatic heterocycles. The average Bonchev–Trinajstić information content (AvgIpc) is 3.28. The van der Waals surface area contributed by atoms with Gasteiger partial charge in [0.1, 0.15) is 12.1 Å². The summed E-state index contributed by atoms with van der Waals surface area (Å²) in [5, 5.41) is 0. The van der Waals surface area contributed by atoms with Gasteiger partial charge in [0, 0.05) is 31.1 Å². The third kappa shape index (κ3) is 5.79. The molecule has 0 radical (unpaired) electrons. The molecule has 6 aliphatic rings. The van der Waals surface area contributed by atoms with E-state index < -0.39 is 0 Å². The summed E-state index contributed by atoms with van der Waals surface area (Å²) >= 11 is 0. The molecule has 6 fully saturated rings.